The van der Waals surface area contributed by atoms with E-state index in [1.165, 1.54) is 6.42 Å². The predicted octanol–water partition coefficient (Wildman–Crippen LogP) is 2.03. The molecular weight excluding hydrogens is 162 g/mol. The molecule has 2 nitrogen and oxygen atoms in total. The van der Waals surface area contributed by atoms with Crippen LogP contribution in [-0.4, -0.2) is 19.8 Å². The molecule has 0 amide bonds. The van der Waals surface area contributed by atoms with E-state index in [-0.39, 0.29) is 5.41 Å². The minimum absolute atomic E-state index is 0.258. The third-order valence-corrected chi connectivity index (χ3v) is 3.39. The Morgan fingerprint density at radius 3 is 2.15 bits per heavy atom. The SMILES string of the molecule is CC(C)C1(CC(C)(C)CN)COC1. The van der Waals surface area contributed by atoms with Crippen molar-refractivity contribution in [2.45, 2.75) is 34.1 Å². The van der Waals surface area contributed by atoms with Crippen LogP contribution in [0.15, 0.2) is 0 Å². The lowest BCUT2D eigenvalue weighted by Crippen LogP contribution is -2.50. The molecule has 1 aliphatic rings. The first kappa shape index (κ1) is 11.0. The Labute approximate surface area is 81.8 Å². The average molecular weight is 185 g/mol. The van der Waals surface area contributed by atoms with E-state index in [2.05, 4.69) is 27.7 Å². The second-order valence-electron chi connectivity index (χ2n) is 5.55. The van der Waals surface area contributed by atoms with Crippen LogP contribution in [0.2, 0.25) is 0 Å². The smallest absolute Gasteiger partial charge is 0.0547 e. The van der Waals surface area contributed by atoms with Gasteiger partial charge in [-0.2, -0.15) is 0 Å². The molecule has 0 spiro atoms. The van der Waals surface area contributed by atoms with E-state index < -0.39 is 0 Å². The van der Waals surface area contributed by atoms with Gasteiger partial charge in [-0.1, -0.05) is 27.7 Å². The van der Waals surface area contributed by atoms with Gasteiger partial charge >= 0.3 is 0 Å². The normalized spacial score (nSPS) is 21.7. The van der Waals surface area contributed by atoms with Gasteiger partial charge in [0.2, 0.25) is 0 Å². The fourth-order valence-corrected chi connectivity index (χ4v) is 2.03. The number of rotatable bonds is 4. The number of nitrogens with two attached hydrogens (primary N) is 1. The molecule has 0 bridgehead atoms. The van der Waals surface area contributed by atoms with Gasteiger partial charge < -0.3 is 10.5 Å². The minimum Gasteiger partial charge on any atom is -0.380 e. The molecule has 78 valence electrons. The summed E-state index contributed by atoms with van der Waals surface area (Å²) in [6.45, 7) is 11.7. The Kier molecular flexibility index (Phi) is 3.03. The summed E-state index contributed by atoms with van der Waals surface area (Å²) < 4.78 is 5.35. The highest BCUT2D eigenvalue weighted by atomic mass is 16.5. The van der Waals surface area contributed by atoms with Crippen molar-refractivity contribution < 1.29 is 4.74 Å². The average Bonchev–Trinajstić information content (AvgIpc) is 1.96. The molecule has 1 heterocycles. The van der Waals surface area contributed by atoms with Crippen molar-refractivity contribution in [2.24, 2.45) is 22.5 Å². The summed E-state index contributed by atoms with van der Waals surface area (Å²) in [5, 5.41) is 0. The molecule has 0 aromatic rings. The Hall–Kier alpha value is -0.0800. The lowest BCUT2D eigenvalue weighted by Gasteiger charge is -2.48. The molecule has 0 aromatic carbocycles. The van der Waals surface area contributed by atoms with Crippen molar-refractivity contribution in [3.8, 4) is 0 Å². The van der Waals surface area contributed by atoms with E-state index in [1.54, 1.807) is 0 Å². The van der Waals surface area contributed by atoms with Crippen LogP contribution in [0.25, 0.3) is 0 Å². The second kappa shape index (κ2) is 3.58. The zero-order valence-corrected chi connectivity index (χ0v) is 9.39. The van der Waals surface area contributed by atoms with Crippen molar-refractivity contribution in [1.29, 1.82) is 0 Å². The maximum Gasteiger partial charge on any atom is 0.0547 e. The highest BCUT2D eigenvalue weighted by Crippen LogP contribution is 2.44. The van der Waals surface area contributed by atoms with E-state index in [9.17, 15) is 0 Å². The first-order chi connectivity index (χ1) is 5.92. The van der Waals surface area contributed by atoms with Gasteiger partial charge in [-0.05, 0) is 24.3 Å². The molecule has 1 rings (SSSR count). The molecule has 0 radical (unpaired) electrons. The van der Waals surface area contributed by atoms with E-state index in [4.69, 9.17) is 10.5 Å². The van der Waals surface area contributed by atoms with Crippen molar-refractivity contribution in [3.05, 3.63) is 0 Å². The fourth-order valence-electron chi connectivity index (χ4n) is 2.03. The molecule has 13 heavy (non-hydrogen) atoms. The molecular formula is C11H23NO. The number of hydrogen-bond donors (Lipinski definition) is 1. The monoisotopic (exact) mass is 185 g/mol. The molecule has 0 aliphatic carbocycles. The van der Waals surface area contributed by atoms with Crippen LogP contribution in [0.4, 0.5) is 0 Å². The summed E-state index contributed by atoms with van der Waals surface area (Å²) >= 11 is 0. The minimum atomic E-state index is 0.258. The van der Waals surface area contributed by atoms with E-state index in [0.29, 0.717) is 11.3 Å². The van der Waals surface area contributed by atoms with Gasteiger partial charge in [0.25, 0.3) is 0 Å². The van der Waals surface area contributed by atoms with E-state index >= 15 is 0 Å². The molecule has 2 heteroatoms. The summed E-state index contributed by atoms with van der Waals surface area (Å²) in [5.41, 5.74) is 6.42. The Bertz CT molecular complexity index is 171. The van der Waals surface area contributed by atoms with Crippen molar-refractivity contribution in [1.82, 2.24) is 0 Å². The Morgan fingerprint density at radius 2 is 1.92 bits per heavy atom. The first-order valence-corrected chi connectivity index (χ1v) is 5.20. The summed E-state index contributed by atoms with van der Waals surface area (Å²) in [7, 11) is 0. The molecule has 0 aromatic heterocycles. The van der Waals surface area contributed by atoms with Crippen LogP contribution < -0.4 is 5.73 Å². The summed E-state index contributed by atoms with van der Waals surface area (Å²) in [6, 6.07) is 0. The van der Waals surface area contributed by atoms with E-state index in [1.807, 2.05) is 0 Å². The third kappa shape index (κ3) is 2.23. The van der Waals surface area contributed by atoms with Crippen LogP contribution in [0.5, 0.6) is 0 Å². The lowest BCUT2D eigenvalue weighted by atomic mass is 9.65. The topological polar surface area (TPSA) is 35.2 Å². The van der Waals surface area contributed by atoms with Crippen molar-refractivity contribution in [3.63, 3.8) is 0 Å². The van der Waals surface area contributed by atoms with Gasteiger partial charge in [0.1, 0.15) is 0 Å². The van der Waals surface area contributed by atoms with Crippen LogP contribution in [-0.2, 0) is 4.74 Å². The van der Waals surface area contributed by atoms with Crippen molar-refractivity contribution in [2.75, 3.05) is 19.8 Å². The highest BCUT2D eigenvalue weighted by Gasteiger charge is 2.44. The van der Waals surface area contributed by atoms with Gasteiger partial charge in [-0.25, -0.2) is 0 Å². The van der Waals surface area contributed by atoms with Gasteiger partial charge in [-0.3, -0.25) is 0 Å². The highest BCUT2D eigenvalue weighted by molar-refractivity contribution is 4.92. The second-order valence-corrected chi connectivity index (χ2v) is 5.55. The lowest BCUT2D eigenvalue weighted by molar-refractivity contribution is -0.156. The molecule has 0 unspecified atom stereocenters. The van der Waals surface area contributed by atoms with Gasteiger partial charge in [0.15, 0.2) is 0 Å². The summed E-state index contributed by atoms with van der Waals surface area (Å²) in [6.07, 6.45) is 1.19. The number of ether oxygens (including phenoxy) is 1. The fraction of sp³-hybridized carbons (Fsp3) is 1.00. The van der Waals surface area contributed by atoms with Gasteiger partial charge in [-0.15, -0.1) is 0 Å². The summed E-state index contributed by atoms with van der Waals surface area (Å²) in [5.74, 6) is 0.701. The predicted molar refractivity (Wildman–Crippen MR) is 55.5 cm³/mol. The van der Waals surface area contributed by atoms with Crippen LogP contribution in [0, 0.1) is 16.7 Å². The number of hydrogen-bond acceptors (Lipinski definition) is 2. The third-order valence-electron chi connectivity index (χ3n) is 3.39. The van der Waals surface area contributed by atoms with Gasteiger partial charge in [0.05, 0.1) is 13.2 Å². The van der Waals surface area contributed by atoms with Crippen LogP contribution >= 0.6 is 0 Å². The molecule has 0 atom stereocenters. The quantitative estimate of drug-likeness (QED) is 0.727. The maximum absolute atomic E-state index is 5.75. The zero-order chi connectivity index (χ0) is 10.1. The largest absolute Gasteiger partial charge is 0.380 e. The Morgan fingerprint density at radius 1 is 1.38 bits per heavy atom. The van der Waals surface area contributed by atoms with Crippen molar-refractivity contribution >= 4 is 0 Å². The van der Waals surface area contributed by atoms with Gasteiger partial charge in [0, 0.05) is 5.41 Å². The maximum atomic E-state index is 5.75. The van der Waals surface area contributed by atoms with E-state index in [0.717, 1.165) is 19.8 Å². The Balaban J connectivity index is 2.59. The standard InChI is InChI=1S/C11H23NO/c1-9(2)11(7-13-8-11)5-10(3,4)6-12/h9H,5-8,12H2,1-4H3. The first-order valence-electron chi connectivity index (χ1n) is 5.20. The molecule has 0 saturated carbocycles. The zero-order valence-electron chi connectivity index (χ0n) is 9.39. The summed E-state index contributed by atoms with van der Waals surface area (Å²) in [4.78, 5) is 0. The molecule has 1 saturated heterocycles. The van der Waals surface area contributed by atoms with Crippen LogP contribution in [0.1, 0.15) is 34.1 Å². The molecule has 2 N–H and O–H groups in total. The van der Waals surface area contributed by atoms with Crippen LogP contribution in [0.3, 0.4) is 0 Å². The molecule has 1 aliphatic heterocycles. The molecule has 1 fully saturated rings.